The lowest BCUT2D eigenvalue weighted by Crippen LogP contribution is -2.38. The van der Waals surface area contributed by atoms with E-state index in [0.717, 1.165) is 12.1 Å². The van der Waals surface area contributed by atoms with Crippen LogP contribution in [0.2, 0.25) is 0 Å². The summed E-state index contributed by atoms with van der Waals surface area (Å²) in [6.07, 6.45) is 0. The summed E-state index contributed by atoms with van der Waals surface area (Å²) in [5, 5.41) is 8.55. The van der Waals surface area contributed by atoms with Crippen molar-refractivity contribution in [3.05, 3.63) is 30.1 Å². The van der Waals surface area contributed by atoms with E-state index >= 15 is 0 Å². The number of benzene rings is 1. The molecule has 0 saturated carbocycles. The molecule has 0 fully saturated rings. The molecule has 1 atom stereocenters. The second-order valence-electron chi connectivity index (χ2n) is 3.14. The van der Waals surface area contributed by atoms with Crippen LogP contribution in [0.5, 0.6) is 0 Å². The number of carboxylic acids is 1. The molecule has 0 heterocycles. The highest BCUT2D eigenvalue weighted by molar-refractivity contribution is 7.89. The largest absolute Gasteiger partial charge is 0.480 e. The number of hydrogen-bond donors (Lipinski definition) is 2. The second kappa shape index (κ2) is 4.58. The van der Waals surface area contributed by atoms with Crippen molar-refractivity contribution in [1.82, 2.24) is 4.72 Å². The predicted molar refractivity (Wildman–Crippen MR) is 53.8 cm³/mol. The summed E-state index contributed by atoms with van der Waals surface area (Å²) in [6.45, 7) is 1.18. The molecule has 16 heavy (non-hydrogen) atoms. The van der Waals surface area contributed by atoms with Crippen molar-refractivity contribution < 1.29 is 22.7 Å². The van der Waals surface area contributed by atoms with Gasteiger partial charge in [-0.2, -0.15) is 4.72 Å². The fourth-order valence-corrected chi connectivity index (χ4v) is 2.21. The number of carbonyl (C=O) groups is 1. The summed E-state index contributed by atoms with van der Waals surface area (Å²) in [4.78, 5) is 10.2. The molecule has 0 spiro atoms. The third-order valence-corrected chi connectivity index (χ3v) is 3.35. The highest BCUT2D eigenvalue weighted by Crippen LogP contribution is 2.10. The van der Waals surface area contributed by atoms with Gasteiger partial charge in [0.25, 0.3) is 0 Å². The minimum Gasteiger partial charge on any atom is -0.480 e. The molecule has 1 rings (SSSR count). The van der Waals surface area contributed by atoms with Crippen LogP contribution in [0.4, 0.5) is 4.39 Å². The van der Waals surface area contributed by atoms with E-state index in [1.807, 2.05) is 4.72 Å². The maximum atomic E-state index is 12.8. The van der Waals surface area contributed by atoms with Gasteiger partial charge in [0.1, 0.15) is 11.9 Å². The molecule has 0 aliphatic heterocycles. The monoisotopic (exact) mass is 247 g/mol. The zero-order chi connectivity index (χ0) is 12.3. The summed E-state index contributed by atoms with van der Waals surface area (Å²) in [5.74, 6) is -2.01. The van der Waals surface area contributed by atoms with Crippen molar-refractivity contribution in [3.8, 4) is 0 Å². The number of aliphatic carboxylic acids is 1. The summed E-state index contributed by atoms with van der Waals surface area (Å²) in [5.41, 5.74) is 0. The van der Waals surface area contributed by atoms with Gasteiger partial charge in [0, 0.05) is 0 Å². The molecule has 5 nitrogen and oxygen atoms in total. The Balaban J connectivity index is 2.99. The first kappa shape index (κ1) is 12.6. The maximum Gasteiger partial charge on any atom is 0.321 e. The molecule has 1 unspecified atom stereocenters. The van der Waals surface area contributed by atoms with E-state index in [0.29, 0.717) is 0 Å². The zero-order valence-corrected chi connectivity index (χ0v) is 9.16. The van der Waals surface area contributed by atoms with E-state index < -0.39 is 27.9 Å². The smallest absolute Gasteiger partial charge is 0.321 e. The number of sulfonamides is 1. The van der Waals surface area contributed by atoms with Crippen molar-refractivity contribution in [1.29, 1.82) is 0 Å². The molecule has 7 heteroatoms. The average molecular weight is 247 g/mol. The van der Waals surface area contributed by atoms with Gasteiger partial charge in [-0.05, 0) is 25.1 Å². The van der Waals surface area contributed by atoms with Gasteiger partial charge in [0.15, 0.2) is 0 Å². The lowest BCUT2D eigenvalue weighted by Gasteiger charge is -2.09. The van der Waals surface area contributed by atoms with E-state index in [1.54, 1.807) is 0 Å². The Labute approximate surface area is 92.0 Å². The molecule has 0 aliphatic rings. The Bertz CT molecular complexity index is 500. The maximum absolute atomic E-state index is 12.8. The topological polar surface area (TPSA) is 83.5 Å². The van der Waals surface area contributed by atoms with Gasteiger partial charge in [0.2, 0.25) is 10.0 Å². The first-order chi connectivity index (χ1) is 7.33. The van der Waals surface area contributed by atoms with Gasteiger partial charge in [-0.25, -0.2) is 12.8 Å². The van der Waals surface area contributed by atoms with E-state index in [1.165, 1.54) is 19.1 Å². The van der Waals surface area contributed by atoms with Crippen LogP contribution in [0.3, 0.4) is 0 Å². The predicted octanol–water partition coefficient (Wildman–Crippen LogP) is 0.577. The van der Waals surface area contributed by atoms with Crippen LogP contribution in [-0.2, 0) is 14.8 Å². The quantitative estimate of drug-likeness (QED) is 0.815. The molecule has 0 bridgehead atoms. The van der Waals surface area contributed by atoms with Gasteiger partial charge in [-0.3, -0.25) is 4.79 Å². The van der Waals surface area contributed by atoms with Crippen LogP contribution in [-0.4, -0.2) is 25.5 Å². The summed E-state index contributed by atoms with van der Waals surface area (Å²) >= 11 is 0. The molecule has 1 aromatic carbocycles. The number of nitrogens with one attached hydrogen (secondary N) is 1. The second-order valence-corrected chi connectivity index (χ2v) is 4.85. The van der Waals surface area contributed by atoms with Crippen LogP contribution in [0.25, 0.3) is 0 Å². The van der Waals surface area contributed by atoms with Crippen LogP contribution < -0.4 is 4.72 Å². The van der Waals surface area contributed by atoms with Gasteiger partial charge in [-0.15, -0.1) is 0 Å². The highest BCUT2D eigenvalue weighted by Gasteiger charge is 2.21. The first-order valence-corrected chi connectivity index (χ1v) is 5.82. The fraction of sp³-hybridized carbons (Fsp3) is 0.222. The molecular formula is C9H10FNO4S. The van der Waals surface area contributed by atoms with Gasteiger partial charge < -0.3 is 5.11 Å². The number of carboxylic acid groups (broad SMARTS) is 1. The van der Waals surface area contributed by atoms with Crippen molar-refractivity contribution in [2.45, 2.75) is 17.9 Å². The Morgan fingerprint density at radius 3 is 2.62 bits per heavy atom. The standard InChI is InChI=1S/C9H10FNO4S/c1-6(9(12)13)11-16(14,15)8-4-2-3-7(10)5-8/h2-6,11H,1H3,(H,12,13). The number of hydrogen-bond acceptors (Lipinski definition) is 3. The first-order valence-electron chi connectivity index (χ1n) is 4.33. The SMILES string of the molecule is CC(NS(=O)(=O)c1cccc(F)c1)C(=O)O. The van der Waals surface area contributed by atoms with Gasteiger partial charge in [0.05, 0.1) is 4.90 Å². The van der Waals surface area contributed by atoms with Crippen LogP contribution in [0.1, 0.15) is 6.92 Å². The molecule has 88 valence electrons. The molecule has 0 amide bonds. The lowest BCUT2D eigenvalue weighted by atomic mass is 10.4. The van der Waals surface area contributed by atoms with Crippen molar-refractivity contribution >= 4 is 16.0 Å². The summed E-state index contributed by atoms with van der Waals surface area (Å²) in [7, 11) is -4.00. The molecule has 0 saturated heterocycles. The Morgan fingerprint density at radius 1 is 1.50 bits per heavy atom. The molecule has 0 radical (unpaired) electrons. The Kier molecular flexibility index (Phi) is 3.61. The normalized spacial score (nSPS) is 13.4. The third-order valence-electron chi connectivity index (χ3n) is 1.81. The molecule has 2 N–H and O–H groups in total. The molecule has 1 aromatic rings. The highest BCUT2D eigenvalue weighted by atomic mass is 32.2. The van der Waals surface area contributed by atoms with Crippen LogP contribution in [0, 0.1) is 5.82 Å². The van der Waals surface area contributed by atoms with Gasteiger partial charge >= 0.3 is 5.97 Å². The van der Waals surface area contributed by atoms with E-state index in [4.69, 9.17) is 5.11 Å². The molecular weight excluding hydrogens is 237 g/mol. The summed E-state index contributed by atoms with van der Waals surface area (Å²) < 4.78 is 37.8. The number of rotatable bonds is 4. The lowest BCUT2D eigenvalue weighted by molar-refractivity contribution is -0.138. The Morgan fingerprint density at radius 2 is 2.12 bits per heavy atom. The molecule has 0 aliphatic carbocycles. The van der Waals surface area contributed by atoms with E-state index in [9.17, 15) is 17.6 Å². The number of halogens is 1. The van der Waals surface area contributed by atoms with Crippen molar-refractivity contribution in [2.75, 3.05) is 0 Å². The minimum absolute atomic E-state index is 0.305. The fourth-order valence-electron chi connectivity index (χ4n) is 0.985. The van der Waals surface area contributed by atoms with Crippen LogP contribution in [0.15, 0.2) is 29.2 Å². The van der Waals surface area contributed by atoms with E-state index in [2.05, 4.69) is 0 Å². The van der Waals surface area contributed by atoms with Gasteiger partial charge in [-0.1, -0.05) is 6.07 Å². The van der Waals surface area contributed by atoms with Crippen molar-refractivity contribution in [3.63, 3.8) is 0 Å². The van der Waals surface area contributed by atoms with Crippen LogP contribution >= 0.6 is 0 Å². The third kappa shape index (κ3) is 3.01. The van der Waals surface area contributed by atoms with E-state index in [-0.39, 0.29) is 4.90 Å². The summed E-state index contributed by atoms with van der Waals surface area (Å²) in [6, 6.07) is 3.06. The minimum atomic E-state index is -4.00. The average Bonchev–Trinajstić information content (AvgIpc) is 2.17. The zero-order valence-electron chi connectivity index (χ0n) is 8.34. The molecule has 0 aromatic heterocycles. The van der Waals surface area contributed by atoms with Crippen molar-refractivity contribution in [2.24, 2.45) is 0 Å². The Hall–Kier alpha value is -1.47.